The maximum atomic E-state index is 13.2. The summed E-state index contributed by atoms with van der Waals surface area (Å²) in [7, 11) is 3.08. The lowest BCUT2D eigenvalue weighted by molar-refractivity contribution is -0.114. The number of carbonyl (C=O) groups excluding carboxylic acids is 2. The highest BCUT2D eigenvalue weighted by molar-refractivity contribution is 7.99. The molecule has 0 atom stereocenters. The minimum atomic E-state index is -0.342. The maximum Gasteiger partial charge on any atom is 0.261 e. The Balaban J connectivity index is 1.63. The summed E-state index contributed by atoms with van der Waals surface area (Å²) < 4.78 is 10.5. The third-order valence-electron chi connectivity index (χ3n) is 4.55. The van der Waals surface area contributed by atoms with Crippen LogP contribution in [0.15, 0.2) is 70.7 Å². The molecule has 3 aromatic rings. The highest BCUT2D eigenvalue weighted by atomic mass is 32.2. The Hall–Kier alpha value is -3.52. The standard InChI is InChI=1S/C22H19N3O4S/c1-28-15-10-14(11-16(12-15)29-2)24-20(26)13-25-18-7-3-4-8-19(18)30-21-17(22(25)27)6-5-9-23-21/h3-12H,13H2,1-2H3,(H,24,26). The van der Waals surface area contributed by atoms with E-state index in [2.05, 4.69) is 10.3 Å². The molecule has 2 amide bonds. The molecule has 30 heavy (non-hydrogen) atoms. The number of amides is 2. The zero-order valence-corrected chi connectivity index (χ0v) is 17.2. The molecule has 2 aromatic carbocycles. The van der Waals surface area contributed by atoms with Crippen LogP contribution in [-0.2, 0) is 4.79 Å². The van der Waals surface area contributed by atoms with E-state index in [-0.39, 0.29) is 18.4 Å². The van der Waals surface area contributed by atoms with Crippen molar-refractivity contribution in [1.29, 1.82) is 0 Å². The van der Waals surface area contributed by atoms with Crippen LogP contribution in [0.25, 0.3) is 0 Å². The van der Waals surface area contributed by atoms with Crippen LogP contribution in [0.3, 0.4) is 0 Å². The third-order valence-corrected chi connectivity index (χ3v) is 5.63. The van der Waals surface area contributed by atoms with E-state index < -0.39 is 0 Å². The lowest BCUT2D eigenvalue weighted by Crippen LogP contribution is -2.38. The van der Waals surface area contributed by atoms with Gasteiger partial charge in [-0.15, -0.1) is 0 Å². The summed E-state index contributed by atoms with van der Waals surface area (Å²) in [5.74, 6) is 0.495. The molecule has 1 aliphatic heterocycles. The van der Waals surface area contributed by atoms with E-state index >= 15 is 0 Å². The van der Waals surface area contributed by atoms with Crippen LogP contribution < -0.4 is 19.7 Å². The lowest BCUT2D eigenvalue weighted by atomic mass is 10.2. The average molecular weight is 421 g/mol. The number of nitrogens with zero attached hydrogens (tertiary/aromatic N) is 2. The molecule has 2 heterocycles. The predicted molar refractivity (Wildman–Crippen MR) is 115 cm³/mol. The van der Waals surface area contributed by atoms with Crippen LogP contribution in [0.4, 0.5) is 11.4 Å². The molecule has 1 aliphatic rings. The number of anilines is 2. The van der Waals surface area contributed by atoms with Gasteiger partial charge in [-0.2, -0.15) is 0 Å². The van der Waals surface area contributed by atoms with E-state index in [0.717, 1.165) is 4.90 Å². The molecule has 1 aromatic heterocycles. The van der Waals surface area contributed by atoms with Gasteiger partial charge >= 0.3 is 0 Å². The lowest BCUT2D eigenvalue weighted by Gasteiger charge is -2.22. The van der Waals surface area contributed by atoms with Gasteiger partial charge in [-0.1, -0.05) is 23.9 Å². The molecule has 0 spiro atoms. The van der Waals surface area contributed by atoms with Crippen LogP contribution in [0.1, 0.15) is 10.4 Å². The van der Waals surface area contributed by atoms with Crippen LogP contribution in [0, 0.1) is 0 Å². The van der Waals surface area contributed by atoms with Crippen LogP contribution in [-0.4, -0.2) is 37.6 Å². The second kappa shape index (κ2) is 8.46. The number of hydrogen-bond acceptors (Lipinski definition) is 6. The van der Waals surface area contributed by atoms with Crippen molar-refractivity contribution in [2.45, 2.75) is 9.92 Å². The first-order valence-electron chi connectivity index (χ1n) is 9.15. The average Bonchev–Trinajstić information content (AvgIpc) is 2.88. The quantitative estimate of drug-likeness (QED) is 0.674. The van der Waals surface area contributed by atoms with Crippen molar-refractivity contribution in [3.05, 3.63) is 66.4 Å². The number of aromatic nitrogens is 1. The molecule has 0 aliphatic carbocycles. The Morgan fingerprint density at radius 1 is 1.07 bits per heavy atom. The number of carbonyl (C=O) groups is 2. The van der Waals surface area contributed by atoms with Gasteiger partial charge in [-0.3, -0.25) is 14.5 Å². The Morgan fingerprint density at radius 2 is 1.80 bits per heavy atom. The molecule has 0 bridgehead atoms. The SMILES string of the molecule is COc1cc(NC(=O)CN2C(=O)c3cccnc3Sc3ccccc32)cc(OC)c1. The molecule has 1 N–H and O–H groups in total. The molecule has 0 unspecified atom stereocenters. The zero-order valence-electron chi connectivity index (χ0n) is 16.4. The number of methoxy groups -OCH3 is 2. The monoisotopic (exact) mass is 421 g/mol. The zero-order chi connectivity index (χ0) is 21.1. The molecule has 152 valence electrons. The smallest absolute Gasteiger partial charge is 0.261 e. The first kappa shape index (κ1) is 19.8. The minimum Gasteiger partial charge on any atom is -0.497 e. The van der Waals surface area contributed by atoms with Gasteiger partial charge in [0, 0.05) is 35.0 Å². The summed E-state index contributed by atoms with van der Waals surface area (Å²) in [6.07, 6.45) is 1.65. The van der Waals surface area contributed by atoms with E-state index in [9.17, 15) is 9.59 Å². The molecule has 0 saturated carbocycles. The maximum absolute atomic E-state index is 13.2. The normalized spacial score (nSPS) is 12.5. The molecule has 0 saturated heterocycles. The Bertz CT molecular complexity index is 1100. The van der Waals surface area contributed by atoms with Crippen molar-refractivity contribution >= 4 is 35.0 Å². The Labute approximate surface area is 178 Å². The molecule has 4 rings (SSSR count). The fourth-order valence-electron chi connectivity index (χ4n) is 3.14. The van der Waals surface area contributed by atoms with Gasteiger partial charge in [0.1, 0.15) is 23.1 Å². The number of ether oxygens (including phenoxy) is 2. The number of pyridine rings is 1. The van der Waals surface area contributed by atoms with Crippen molar-refractivity contribution in [2.24, 2.45) is 0 Å². The van der Waals surface area contributed by atoms with Gasteiger partial charge in [0.2, 0.25) is 5.91 Å². The number of rotatable bonds is 5. The number of nitrogens with one attached hydrogen (secondary N) is 1. The third kappa shape index (κ3) is 3.95. The predicted octanol–water partition coefficient (Wildman–Crippen LogP) is 3.85. The van der Waals surface area contributed by atoms with Gasteiger partial charge in [0.15, 0.2) is 0 Å². The van der Waals surface area contributed by atoms with E-state index in [1.54, 1.807) is 36.5 Å². The number of para-hydroxylation sites is 1. The minimum absolute atomic E-state index is 0.149. The van der Waals surface area contributed by atoms with E-state index in [1.807, 2.05) is 24.3 Å². The summed E-state index contributed by atoms with van der Waals surface area (Å²) in [6, 6.07) is 16.0. The van der Waals surface area contributed by atoms with Gasteiger partial charge in [0.05, 0.1) is 25.5 Å². The largest absolute Gasteiger partial charge is 0.497 e. The topological polar surface area (TPSA) is 80.8 Å². The van der Waals surface area contributed by atoms with Crippen LogP contribution in [0.5, 0.6) is 11.5 Å². The Kier molecular flexibility index (Phi) is 5.58. The molecular formula is C22H19N3O4S. The fourth-order valence-corrected chi connectivity index (χ4v) is 4.16. The highest BCUT2D eigenvalue weighted by Crippen LogP contribution is 2.40. The number of hydrogen-bond donors (Lipinski definition) is 1. The second-order valence-electron chi connectivity index (χ2n) is 6.47. The molecule has 8 heteroatoms. The van der Waals surface area contributed by atoms with Crippen molar-refractivity contribution < 1.29 is 19.1 Å². The van der Waals surface area contributed by atoms with Crippen molar-refractivity contribution in [1.82, 2.24) is 4.98 Å². The summed E-state index contributed by atoms with van der Waals surface area (Å²) in [5.41, 5.74) is 1.65. The van der Waals surface area contributed by atoms with Gasteiger partial charge in [-0.05, 0) is 24.3 Å². The van der Waals surface area contributed by atoms with Crippen molar-refractivity contribution in [3.8, 4) is 11.5 Å². The second-order valence-corrected chi connectivity index (χ2v) is 7.50. The highest BCUT2D eigenvalue weighted by Gasteiger charge is 2.29. The van der Waals surface area contributed by atoms with Crippen LogP contribution >= 0.6 is 11.8 Å². The summed E-state index contributed by atoms with van der Waals surface area (Å²) >= 11 is 1.41. The van der Waals surface area contributed by atoms with Gasteiger partial charge in [-0.25, -0.2) is 4.98 Å². The Morgan fingerprint density at radius 3 is 2.53 bits per heavy atom. The van der Waals surface area contributed by atoms with E-state index in [0.29, 0.717) is 33.5 Å². The van der Waals surface area contributed by atoms with Gasteiger partial charge < -0.3 is 14.8 Å². The summed E-state index contributed by atoms with van der Waals surface area (Å²) in [6.45, 7) is -0.149. The first-order chi connectivity index (χ1) is 14.6. The molecule has 0 fully saturated rings. The van der Waals surface area contributed by atoms with Gasteiger partial charge in [0.25, 0.3) is 5.91 Å². The molecule has 7 nitrogen and oxygen atoms in total. The van der Waals surface area contributed by atoms with Crippen molar-refractivity contribution in [2.75, 3.05) is 31.0 Å². The summed E-state index contributed by atoms with van der Waals surface area (Å²) in [5, 5.41) is 3.44. The van der Waals surface area contributed by atoms with E-state index in [4.69, 9.17) is 9.47 Å². The van der Waals surface area contributed by atoms with Crippen molar-refractivity contribution in [3.63, 3.8) is 0 Å². The van der Waals surface area contributed by atoms with Crippen LogP contribution in [0.2, 0.25) is 0 Å². The van der Waals surface area contributed by atoms with E-state index in [1.165, 1.54) is 30.9 Å². The summed E-state index contributed by atoms with van der Waals surface area (Å²) in [4.78, 5) is 32.8. The number of fused-ring (bicyclic) bond motifs is 2. The molecule has 0 radical (unpaired) electrons. The first-order valence-corrected chi connectivity index (χ1v) is 9.97. The number of benzene rings is 2. The fraction of sp³-hybridized carbons (Fsp3) is 0.136. The molecular weight excluding hydrogens is 402 g/mol.